The average Bonchev–Trinajstić information content (AvgIpc) is 2.91. The van der Waals surface area contributed by atoms with E-state index in [0.29, 0.717) is 20.4 Å². The van der Waals surface area contributed by atoms with E-state index in [9.17, 15) is 14.7 Å². The van der Waals surface area contributed by atoms with Crippen LogP contribution in [0.3, 0.4) is 0 Å². The molecule has 0 saturated heterocycles. The van der Waals surface area contributed by atoms with Crippen LogP contribution in [-0.2, 0) is 10.4 Å². The number of halogens is 2. The Bertz CT molecular complexity index is 779. The SMILES string of the molecule is Cc1ccc2c(c1)C(O)(CC(=O)c1cc(Br)c(Br)o1)C(=O)N2. The van der Waals surface area contributed by atoms with Gasteiger partial charge in [-0.1, -0.05) is 17.7 Å². The number of nitrogens with one attached hydrogen (secondary N) is 1. The van der Waals surface area contributed by atoms with Gasteiger partial charge in [0.05, 0.1) is 10.9 Å². The number of furan rings is 1. The van der Waals surface area contributed by atoms with Crippen molar-refractivity contribution in [3.8, 4) is 0 Å². The van der Waals surface area contributed by atoms with Crippen LogP contribution in [0.2, 0.25) is 0 Å². The van der Waals surface area contributed by atoms with E-state index in [1.54, 1.807) is 12.1 Å². The molecule has 2 aromatic rings. The zero-order valence-corrected chi connectivity index (χ0v) is 14.6. The molecular formula is C15H11Br2NO4. The van der Waals surface area contributed by atoms with Gasteiger partial charge in [0, 0.05) is 17.3 Å². The molecule has 0 bridgehead atoms. The third kappa shape index (κ3) is 2.43. The second kappa shape index (κ2) is 5.33. The maximum atomic E-state index is 12.3. The van der Waals surface area contributed by atoms with E-state index in [4.69, 9.17) is 4.42 Å². The lowest BCUT2D eigenvalue weighted by Crippen LogP contribution is -2.36. The average molecular weight is 429 g/mol. The van der Waals surface area contributed by atoms with Crippen molar-refractivity contribution >= 4 is 49.2 Å². The molecule has 1 aromatic carbocycles. The summed E-state index contributed by atoms with van der Waals surface area (Å²) in [6, 6.07) is 6.74. The van der Waals surface area contributed by atoms with E-state index >= 15 is 0 Å². The summed E-state index contributed by atoms with van der Waals surface area (Å²) < 4.78 is 6.23. The summed E-state index contributed by atoms with van der Waals surface area (Å²) in [5.74, 6) is -0.995. The van der Waals surface area contributed by atoms with E-state index in [2.05, 4.69) is 37.2 Å². The lowest BCUT2D eigenvalue weighted by Gasteiger charge is -2.19. The third-order valence-corrected chi connectivity index (χ3v) is 5.29. The fourth-order valence-corrected chi connectivity index (χ4v) is 3.01. The topological polar surface area (TPSA) is 79.5 Å². The van der Waals surface area contributed by atoms with E-state index in [1.165, 1.54) is 6.07 Å². The number of aryl methyl sites for hydroxylation is 1. The first-order valence-electron chi connectivity index (χ1n) is 6.44. The maximum absolute atomic E-state index is 12.3. The number of carbonyl (C=O) groups excluding carboxylic acids is 2. The number of benzene rings is 1. The molecule has 1 aliphatic heterocycles. The molecule has 1 atom stereocenters. The van der Waals surface area contributed by atoms with Crippen LogP contribution in [0.5, 0.6) is 0 Å². The Hall–Kier alpha value is -1.44. The van der Waals surface area contributed by atoms with Gasteiger partial charge in [-0.25, -0.2) is 0 Å². The number of Topliss-reactive ketones (excluding diaryl/α,β-unsaturated/α-hetero) is 1. The molecule has 1 amide bonds. The second-order valence-electron chi connectivity index (χ2n) is 5.20. The molecule has 5 nitrogen and oxygen atoms in total. The van der Waals surface area contributed by atoms with Gasteiger partial charge in [-0.2, -0.15) is 0 Å². The van der Waals surface area contributed by atoms with Gasteiger partial charge in [-0.05, 0) is 44.8 Å². The Balaban J connectivity index is 1.96. The smallest absolute Gasteiger partial charge is 0.261 e. The van der Waals surface area contributed by atoms with Gasteiger partial charge in [0.1, 0.15) is 0 Å². The minimum atomic E-state index is -1.88. The summed E-state index contributed by atoms with van der Waals surface area (Å²) in [7, 11) is 0. The lowest BCUT2D eigenvalue weighted by molar-refractivity contribution is -0.133. The van der Waals surface area contributed by atoms with Gasteiger partial charge in [-0.3, -0.25) is 9.59 Å². The molecule has 1 aliphatic rings. The predicted molar refractivity (Wildman–Crippen MR) is 86.8 cm³/mol. The zero-order chi connectivity index (χ0) is 16.1. The number of ketones is 1. The van der Waals surface area contributed by atoms with E-state index in [1.807, 2.05) is 13.0 Å². The second-order valence-corrected chi connectivity index (χ2v) is 6.77. The van der Waals surface area contributed by atoms with Crippen LogP contribution < -0.4 is 5.32 Å². The van der Waals surface area contributed by atoms with Crippen LogP contribution in [0.15, 0.2) is 37.8 Å². The number of hydrogen-bond donors (Lipinski definition) is 2. The molecule has 1 unspecified atom stereocenters. The standard InChI is InChI=1S/C15H11Br2NO4/c1-7-2-3-10-8(4-7)15(21,14(20)18-10)6-11(19)12-5-9(16)13(17)22-12/h2-5,21H,6H2,1H3,(H,18,20). The fraction of sp³-hybridized carbons (Fsp3) is 0.200. The molecule has 2 heterocycles. The van der Waals surface area contributed by atoms with E-state index in [-0.39, 0.29) is 12.2 Å². The Labute approximate surface area is 143 Å². The van der Waals surface area contributed by atoms with Crippen LogP contribution in [0.1, 0.15) is 28.1 Å². The van der Waals surface area contributed by atoms with Gasteiger partial charge in [0.15, 0.2) is 16.0 Å². The molecule has 2 N–H and O–H groups in total. The Morgan fingerprint density at radius 1 is 1.36 bits per heavy atom. The number of hydrogen-bond acceptors (Lipinski definition) is 4. The maximum Gasteiger partial charge on any atom is 0.261 e. The first-order chi connectivity index (χ1) is 10.3. The molecular weight excluding hydrogens is 418 g/mol. The quantitative estimate of drug-likeness (QED) is 0.733. The lowest BCUT2D eigenvalue weighted by atomic mass is 9.88. The first-order valence-corrected chi connectivity index (χ1v) is 8.03. The number of aliphatic hydroxyl groups is 1. The monoisotopic (exact) mass is 427 g/mol. The summed E-state index contributed by atoms with van der Waals surface area (Å²) in [5.41, 5.74) is -0.0580. The predicted octanol–water partition coefficient (Wildman–Crippen LogP) is 3.53. The van der Waals surface area contributed by atoms with Gasteiger partial charge in [0.25, 0.3) is 5.91 Å². The van der Waals surface area contributed by atoms with Crippen molar-refractivity contribution in [1.82, 2.24) is 0 Å². The van der Waals surface area contributed by atoms with Crippen LogP contribution >= 0.6 is 31.9 Å². The molecule has 0 spiro atoms. The Morgan fingerprint density at radius 3 is 2.73 bits per heavy atom. The van der Waals surface area contributed by atoms with Crippen molar-refractivity contribution < 1.29 is 19.1 Å². The van der Waals surface area contributed by atoms with E-state index in [0.717, 1.165) is 5.56 Å². The molecule has 0 fully saturated rings. The van der Waals surface area contributed by atoms with Crippen molar-refractivity contribution in [2.45, 2.75) is 18.9 Å². The summed E-state index contributed by atoms with van der Waals surface area (Å²) in [6.07, 6.45) is -0.387. The van der Waals surface area contributed by atoms with Gasteiger partial charge >= 0.3 is 0 Å². The van der Waals surface area contributed by atoms with Gasteiger partial charge in [-0.15, -0.1) is 0 Å². The third-order valence-electron chi connectivity index (χ3n) is 3.58. The molecule has 1 aromatic heterocycles. The van der Waals surface area contributed by atoms with Crippen LogP contribution in [0, 0.1) is 6.92 Å². The summed E-state index contributed by atoms with van der Waals surface area (Å²) >= 11 is 6.37. The van der Waals surface area contributed by atoms with Crippen LogP contribution in [0.25, 0.3) is 0 Å². The minimum Gasteiger partial charge on any atom is -0.445 e. The van der Waals surface area contributed by atoms with Gasteiger partial charge in [0.2, 0.25) is 5.78 Å². The molecule has 0 saturated carbocycles. The Morgan fingerprint density at radius 2 is 2.09 bits per heavy atom. The molecule has 0 aliphatic carbocycles. The number of rotatable bonds is 3. The number of fused-ring (bicyclic) bond motifs is 1. The normalized spacial score (nSPS) is 19.9. The number of amides is 1. The highest BCUT2D eigenvalue weighted by Gasteiger charge is 2.47. The molecule has 114 valence electrons. The van der Waals surface area contributed by atoms with Crippen molar-refractivity contribution in [3.63, 3.8) is 0 Å². The highest BCUT2D eigenvalue weighted by molar-refractivity contribution is 9.13. The Kier molecular flexibility index (Phi) is 3.74. The largest absolute Gasteiger partial charge is 0.445 e. The summed E-state index contributed by atoms with van der Waals surface area (Å²) in [4.78, 5) is 24.5. The van der Waals surface area contributed by atoms with E-state index < -0.39 is 17.3 Å². The zero-order valence-electron chi connectivity index (χ0n) is 11.4. The number of carbonyl (C=O) groups is 2. The minimum absolute atomic E-state index is 0.0704. The highest BCUT2D eigenvalue weighted by atomic mass is 79.9. The molecule has 7 heteroatoms. The fourth-order valence-electron chi connectivity index (χ4n) is 2.44. The summed E-state index contributed by atoms with van der Waals surface area (Å²) in [6.45, 7) is 1.85. The molecule has 22 heavy (non-hydrogen) atoms. The molecule has 3 rings (SSSR count). The molecule has 0 radical (unpaired) electrons. The van der Waals surface area contributed by atoms with Crippen molar-refractivity contribution in [3.05, 3.63) is 50.3 Å². The van der Waals surface area contributed by atoms with Crippen molar-refractivity contribution in [2.75, 3.05) is 5.32 Å². The summed E-state index contributed by atoms with van der Waals surface area (Å²) in [5, 5.41) is 13.3. The van der Waals surface area contributed by atoms with Crippen molar-refractivity contribution in [1.29, 1.82) is 0 Å². The first kappa shape index (κ1) is 15.5. The van der Waals surface area contributed by atoms with Gasteiger partial charge < -0.3 is 14.8 Å². The van der Waals surface area contributed by atoms with Crippen molar-refractivity contribution in [2.24, 2.45) is 0 Å². The highest BCUT2D eigenvalue weighted by Crippen LogP contribution is 2.40. The number of anilines is 1. The van der Waals surface area contributed by atoms with Crippen LogP contribution in [0.4, 0.5) is 5.69 Å². The van der Waals surface area contributed by atoms with Crippen LogP contribution in [-0.4, -0.2) is 16.8 Å².